The minimum Gasteiger partial charge on any atom is -0.394 e. The molecule has 10 N–H and O–H groups in total. The van der Waals surface area contributed by atoms with Gasteiger partial charge in [0.25, 0.3) is 11.8 Å². The average molecular weight is 1210 g/mol. The third kappa shape index (κ3) is 17.6. The number of hydrogen-bond acceptors (Lipinski definition) is 15. The number of hydrogen-bond donors (Lipinski definition) is 8. The van der Waals surface area contributed by atoms with Crippen molar-refractivity contribution >= 4 is 64.9 Å². The summed E-state index contributed by atoms with van der Waals surface area (Å²) in [5, 5.41) is 24.3. The molecule has 0 aromatic heterocycles. The Morgan fingerprint density at radius 1 is 0.884 bits per heavy atom. The van der Waals surface area contributed by atoms with E-state index in [1.165, 1.54) is 7.11 Å². The molecule has 0 radical (unpaired) electrons. The summed E-state index contributed by atoms with van der Waals surface area (Å²) < 4.78 is 17.7. The SMILES string of the molecule is CC[C@H](C)[C@@H]([C@@H](CC(=O)N1CCC[C@H]1[C@H](OC)[C@@H](C)C(=O)N[C@H](CO)Cc1cccc(NC(=O)[C@H](CCCNC(N)=O)NC(=O)[C@@H](NC(=O)CCOCCN2C(=O)C=CC2=O)C(C)C)c1)OC)N(C)C(=O)[C@@H](C(C)C)C12CCC(C1)C(C(N)=O)N2C. The number of carbonyl (C=O) groups excluding carboxylic acids is 10. The lowest BCUT2D eigenvalue weighted by molar-refractivity contribution is -0.153. The highest BCUT2D eigenvalue weighted by atomic mass is 16.5. The van der Waals surface area contributed by atoms with Crippen molar-refractivity contribution in [2.45, 2.75) is 173 Å². The monoisotopic (exact) mass is 1210 g/mol. The van der Waals surface area contributed by atoms with Crippen LogP contribution in [0.1, 0.15) is 118 Å². The molecule has 3 heterocycles. The summed E-state index contributed by atoms with van der Waals surface area (Å²) in [7, 11) is 6.77. The molecule has 2 saturated heterocycles. The van der Waals surface area contributed by atoms with Crippen molar-refractivity contribution in [3.8, 4) is 0 Å². The van der Waals surface area contributed by atoms with Crippen LogP contribution in [-0.2, 0) is 63.8 Å². The first-order valence-electron chi connectivity index (χ1n) is 30.4. The van der Waals surface area contributed by atoms with Gasteiger partial charge in [-0.15, -0.1) is 0 Å². The second-order valence-corrected chi connectivity index (χ2v) is 24.5. The highest BCUT2D eigenvalue weighted by Crippen LogP contribution is 2.55. The largest absolute Gasteiger partial charge is 0.394 e. The molecule has 1 aliphatic carbocycles. The number of aliphatic hydroxyl groups is 1. The number of imide groups is 1. The summed E-state index contributed by atoms with van der Waals surface area (Å²) in [6.45, 7) is 13.4. The number of fused-ring (bicyclic) bond motifs is 2. The van der Waals surface area contributed by atoms with Gasteiger partial charge in [0.1, 0.15) is 12.1 Å². The first kappa shape index (κ1) is 70.2. The molecule has 0 spiro atoms. The molecule has 13 atom stereocenters. The Kier molecular flexibility index (Phi) is 26.5. The fourth-order valence-electron chi connectivity index (χ4n) is 13.5. The van der Waals surface area contributed by atoms with Crippen LogP contribution in [0.2, 0.25) is 0 Å². The maximum Gasteiger partial charge on any atom is 0.312 e. The lowest BCUT2D eigenvalue weighted by Gasteiger charge is -2.48. The zero-order valence-electron chi connectivity index (χ0n) is 52.3. The number of nitrogens with one attached hydrogen (secondary N) is 5. The number of nitrogens with zero attached hydrogens (tertiary/aromatic N) is 4. The Hall–Kier alpha value is -6.54. The number of ether oxygens (including phenoxy) is 3. The van der Waals surface area contributed by atoms with E-state index in [0.717, 1.165) is 29.9 Å². The summed E-state index contributed by atoms with van der Waals surface area (Å²) in [6.07, 6.45) is 5.51. The molecule has 4 aliphatic rings. The molecular formula is C61H97N11O14. The van der Waals surface area contributed by atoms with E-state index < -0.39 is 120 Å². The van der Waals surface area contributed by atoms with Crippen molar-refractivity contribution in [3.63, 3.8) is 0 Å². The van der Waals surface area contributed by atoms with Crippen molar-refractivity contribution in [3.05, 3.63) is 42.0 Å². The van der Waals surface area contributed by atoms with E-state index in [1.807, 2.05) is 27.8 Å². The molecule has 1 saturated carbocycles. The number of likely N-dealkylation sites (tertiary alicyclic amines) is 2. The molecule has 2 bridgehead atoms. The summed E-state index contributed by atoms with van der Waals surface area (Å²) >= 11 is 0. The Morgan fingerprint density at radius 2 is 1.58 bits per heavy atom. The van der Waals surface area contributed by atoms with Gasteiger partial charge in [0.05, 0.1) is 81.0 Å². The summed E-state index contributed by atoms with van der Waals surface area (Å²) in [6, 6.07) is 1.67. The van der Waals surface area contributed by atoms with Crippen LogP contribution in [0.5, 0.6) is 0 Å². The van der Waals surface area contributed by atoms with Gasteiger partial charge in [0, 0.05) is 64.2 Å². The lowest BCUT2D eigenvalue weighted by Crippen LogP contribution is -2.61. The minimum absolute atomic E-state index is 0.0109. The number of methoxy groups -OCH3 is 2. The fraction of sp³-hybridized carbons (Fsp3) is 0.705. The van der Waals surface area contributed by atoms with Gasteiger partial charge in [-0.2, -0.15) is 0 Å². The second kappa shape index (κ2) is 32.4. The Labute approximate surface area is 506 Å². The van der Waals surface area contributed by atoms with E-state index in [1.54, 1.807) is 69.0 Å². The Balaban J connectivity index is 1.20. The van der Waals surface area contributed by atoms with Crippen LogP contribution in [0, 0.1) is 35.5 Å². The third-order valence-electron chi connectivity index (χ3n) is 18.1. The number of anilines is 1. The molecule has 1 aromatic carbocycles. The summed E-state index contributed by atoms with van der Waals surface area (Å²) in [5.41, 5.74) is 11.6. The molecule has 25 nitrogen and oxygen atoms in total. The zero-order chi connectivity index (χ0) is 63.7. The van der Waals surface area contributed by atoms with E-state index in [9.17, 15) is 53.1 Å². The minimum atomic E-state index is -1.14. The number of rotatable bonds is 35. The van der Waals surface area contributed by atoms with Crippen LogP contribution in [0.25, 0.3) is 0 Å². The number of nitrogens with two attached hydrogens (primary N) is 2. The molecule has 11 amide bonds. The smallest absolute Gasteiger partial charge is 0.312 e. The van der Waals surface area contributed by atoms with Crippen molar-refractivity contribution in [1.82, 2.24) is 40.9 Å². The maximum atomic E-state index is 15.0. The van der Waals surface area contributed by atoms with Crippen LogP contribution in [0.3, 0.4) is 0 Å². The highest BCUT2D eigenvalue weighted by Gasteiger charge is 2.62. The lowest BCUT2D eigenvalue weighted by atomic mass is 9.74. The zero-order valence-corrected chi connectivity index (χ0v) is 52.3. The van der Waals surface area contributed by atoms with Gasteiger partial charge in [0.2, 0.25) is 41.4 Å². The number of primary amides is 2. The number of carbonyl (C=O) groups is 10. The van der Waals surface area contributed by atoms with Crippen molar-refractivity contribution in [2.75, 3.05) is 73.1 Å². The predicted molar refractivity (Wildman–Crippen MR) is 320 cm³/mol. The van der Waals surface area contributed by atoms with Crippen LogP contribution in [0.4, 0.5) is 10.5 Å². The molecule has 1 aromatic rings. The quantitative estimate of drug-likeness (QED) is 0.0353. The van der Waals surface area contributed by atoms with E-state index in [0.29, 0.717) is 43.5 Å². The molecule has 86 heavy (non-hydrogen) atoms. The van der Waals surface area contributed by atoms with Gasteiger partial charge in [0.15, 0.2) is 0 Å². The van der Waals surface area contributed by atoms with Crippen molar-refractivity contribution in [1.29, 1.82) is 0 Å². The normalized spacial score (nSPS) is 22.4. The number of likely N-dealkylation sites (N-methyl/N-ethyl adjacent to an activating group) is 2. The Morgan fingerprint density at radius 3 is 2.17 bits per heavy atom. The van der Waals surface area contributed by atoms with Crippen LogP contribution < -0.4 is 38.1 Å². The summed E-state index contributed by atoms with van der Waals surface area (Å²) in [4.78, 5) is 139. The van der Waals surface area contributed by atoms with Crippen molar-refractivity contribution < 1.29 is 67.3 Å². The molecule has 25 heteroatoms. The van der Waals surface area contributed by atoms with E-state index in [-0.39, 0.29) is 93.9 Å². The van der Waals surface area contributed by atoms with Gasteiger partial charge < -0.3 is 67.2 Å². The van der Waals surface area contributed by atoms with E-state index in [2.05, 4.69) is 38.4 Å². The van der Waals surface area contributed by atoms with E-state index >= 15 is 0 Å². The first-order chi connectivity index (χ1) is 40.7. The number of piperidine rings is 1. The van der Waals surface area contributed by atoms with Gasteiger partial charge >= 0.3 is 6.03 Å². The van der Waals surface area contributed by atoms with Gasteiger partial charge in [-0.25, -0.2) is 4.79 Å². The van der Waals surface area contributed by atoms with Crippen molar-refractivity contribution in [2.24, 2.45) is 47.0 Å². The maximum absolute atomic E-state index is 15.0. The van der Waals surface area contributed by atoms with Crippen LogP contribution in [-0.4, -0.2) is 206 Å². The van der Waals surface area contributed by atoms with Gasteiger partial charge in [-0.05, 0) is 99.8 Å². The molecule has 3 unspecified atom stereocenters. The number of urea groups is 1. The predicted octanol–water partition coefficient (Wildman–Crippen LogP) is 1.58. The van der Waals surface area contributed by atoms with Crippen LogP contribution >= 0.6 is 0 Å². The molecular weight excluding hydrogens is 1110 g/mol. The molecule has 3 aliphatic heterocycles. The second-order valence-electron chi connectivity index (χ2n) is 24.5. The van der Waals surface area contributed by atoms with Gasteiger partial charge in [-0.1, -0.05) is 67.0 Å². The standard InChI is InChI=1S/C61H97N11O14/c1-12-37(6)52(69(8)59(82)50(35(2)3)61-24-22-40(33-61)53(55(62)78)70(61)9)45(84-10)32-49(77)71-26-15-19-44(71)54(85-11)38(7)56(79)66-42(34-73)31-39-16-13-17-41(30-39)65-57(80)43(18-14-25-64-60(63)83)67-58(81)51(36(4)5)68-46(74)23-28-86-29-27-72-47(75)20-21-48(72)76/h13,16-17,20-21,30,35-38,40,42-45,50-54,73H,12,14-15,18-19,22-29,31-34H2,1-11H3,(H2,62,78)(H,65,80)(H,66,79)(H,67,81)(H,68,74)(H3,63,64,83)/t37-,38+,40?,42-,43-,44-,45+,50+,51-,52-,53?,54+,61?/m0/s1. The molecule has 3 fully saturated rings. The number of amides is 11. The van der Waals surface area contributed by atoms with Crippen LogP contribution in [0.15, 0.2) is 36.4 Å². The third-order valence-corrected chi connectivity index (χ3v) is 18.1. The fourth-order valence-corrected chi connectivity index (χ4v) is 13.5. The topological polar surface area (TPSA) is 344 Å². The highest BCUT2D eigenvalue weighted by molar-refractivity contribution is 6.12. The molecule has 480 valence electrons. The Bertz CT molecular complexity index is 2570. The number of benzene rings is 1. The van der Waals surface area contributed by atoms with E-state index in [4.69, 9.17) is 25.7 Å². The van der Waals surface area contributed by atoms with Gasteiger partial charge in [-0.3, -0.25) is 53.0 Å². The average Bonchev–Trinajstić information content (AvgIpc) is 2.19. The first-order valence-corrected chi connectivity index (χ1v) is 30.4. The summed E-state index contributed by atoms with van der Waals surface area (Å²) in [5.74, 6) is -5.30. The molecule has 5 rings (SSSR count). The number of aliphatic hydroxyl groups excluding tert-OH is 1.